The summed E-state index contributed by atoms with van der Waals surface area (Å²) in [5.41, 5.74) is 0.419. The molecule has 10 nitrogen and oxygen atoms in total. The minimum absolute atomic E-state index is 0.0228. The van der Waals surface area contributed by atoms with Crippen LogP contribution >= 0.6 is 11.6 Å². The van der Waals surface area contributed by atoms with E-state index in [-0.39, 0.29) is 36.1 Å². The zero-order chi connectivity index (χ0) is 29.0. The number of methoxy groups -OCH3 is 1. The molecule has 12 heteroatoms. The summed E-state index contributed by atoms with van der Waals surface area (Å²) < 4.78 is 38.3. The van der Waals surface area contributed by atoms with Crippen LogP contribution in [0, 0.1) is 5.92 Å². The minimum atomic E-state index is -3.92. The van der Waals surface area contributed by atoms with E-state index in [0.717, 1.165) is 4.31 Å². The molecule has 1 aromatic heterocycles. The van der Waals surface area contributed by atoms with Crippen LogP contribution in [0.4, 0.5) is 0 Å². The first-order valence-electron chi connectivity index (χ1n) is 13.0. The summed E-state index contributed by atoms with van der Waals surface area (Å²) >= 11 is 5.88. The van der Waals surface area contributed by atoms with Gasteiger partial charge in [-0.25, -0.2) is 8.42 Å². The number of hydrogen-bond donors (Lipinski definition) is 2. The number of furan rings is 1. The molecular formula is C28H32ClN3O7S. The van der Waals surface area contributed by atoms with Crippen molar-refractivity contribution in [2.24, 2.45) is 5.92 Å². The van der Waals surface area contributed by atoms with Gasteiger partial charge in [-0.3, -0.25) is 14.4 Å². The van der Waals surface area contributed by atoms with Gasteiger partial charge >= 0.3 is 0 Å². The number of para-hydroxylation sites is 1. The fourth-order valence-corrected chi connectivity index (χ4v) is 6.19. The van der Waals surface area contributed by atoms with Crippen molar-refractivity contribution in [2.75, 3.05) is 20.2 Å². The molecule has 1 saturated heterocycles. The lowest BCUT2D eigenvalue weighted by Crippen LogP contribution is -2.52. The van der Waals surface area contributed by atoms with Crippen LogP contribution in [-0.4, -0.2) is 62.6 Å². The maximum Gasteiger partial charge on any atom is 0.287 e. The highest BCUT2D eigenvalue weighted by Crippen LogP contribution is 2.28. The van der Waals surface area contributed by atoms with Crippen molar-refractivity contribution in [1.82, 2.24) is 14.9 Å². The van der Waals surface area contributed by atoms with E-state index in [0.29, 0.717) is 34.6 Å². The molecule has 0 radical (unpaired) electrons. The standard InChI is InChI=1S/C28H32ClN3O7S/c1-17(2)14-22(31-28(35)25-15-18-6-4-8-24(38-3)26(18)39-25)27(34)30-21-7-5-13-32(16-23(21)33)40(36,37)20-11-9-19(29)10-12-20/h4,6,8-12,15,17,21-22H,5,7,13-14,16H2,1-3H3,(H,30,34)(H,31,35)/t21-,22-/m0/s1. The normalized spacial score (nSPS) is 17.4. The molecule has 214 valence electrons. The van der Waals surface area contributed by atoms with Crippen LogP contribution in [0.3, 0.4) is 0 Å². The van der Waals surface area contributed by atoms with Gasteiger partial charge in [0.2, 0.25) is 15.9 Å². The number of ketones is 1. The number of carbonyl (C=O) groups excluding carboxylic acids is 3. The van der Waals surface area contributed by atoms with Crippen molar-refractivity contribution in [1.29, 1.82) is 0 Å². The average molecular weight is 590 g/mol. The second kappa shape index (κ2) is 12.4. The Hall–Kier alpha value is -3.41. The molecule has 0 unspecified atom stereocenters. The van der Waals surface area contributed by atoms with E-state index >= 15 is 0 Å². The smallest absolute Gasteiger partial charge is 0.287 e. The number of nitrogens with zero attached hydrogens (tertiary/aromatic N) is 1. The van der Waals surface area contributed by atoms with Crippen molar-refractivity contribution in [3.63, 3.8) is 0 Å². The summed E-state index contributed by atoms with van der Waals surface area (Å²) in [4.78, 5) is 39.5. The van der Waals surface area contributed by atoms with Crippen LogP contribution in [0.2, 0.25) is 5.02 Å². The topological polar surface area (TPSA) is 135 Å². The Morgan fingerprint density at radius 2 is 1.90 bits per heavy atom. The molecule has 0 aliphatic carbocycles. The molecule has 2 amide bonds. The Labute approximate surface area is 238 Å². The van der Waals surface area contributed by atoms with Gasteiger partial charge in [-0.1, -0.05) is 37.6 Å². The lowest BCUT2D eigenvalue weighted by Gasteiger charge is -2.23. The van der Waals surface area contributed by atoms with Crippen LogP contribution < -0.4 is 15.4 Å². The van der Waals surface area contributed by atoms with Crippen molar-refractivity contribution in [3.8, 4) is 5.75 Å². The van der Waals surface area contributed by atoms with Crippen molar-refractivity contribution >= 4 is 50.2 Å². The molecule has 2 aromatic carbocycles. The molecule has 2 heterocycles. The number of hydrogen-bond acceptors (Lipinski definition) is 7. The summed E-state index contributed by atoms with van der Waals surface area (Å²) in [7, 11) is -2.42. The van der Waals surface area contributed by atoms with Gasteiger partial charge in [0.05, 0.1) is 24.6 Å². The SMILES string of the molecule is COc1cccc2cc(C(=O)N[C@@H](CC(C)C)C(=O)N[C@H]3CCCN(S(=O)(=O)c4ccc(Cl)cc4)CC3=O)oc12. The van der Waals surface area contributed by atoms with Gasteiger partial charge in [-0.15, -0.1) is 0 Å². The third-order valence-electron chi connectivity index (χ3n) is 6.67. The lowest BCUT2D eigenvalue weighted by molar-refractivity contribution is -0.129. The summed E-state index contributed by atoms with van der Waals surface area (Å²) in [6.07, 6.45) is 0.952. The number of rotatable bonds is 9. The number of benzene rings is 2. The monoisotopic (exact) mass is 589 g/mol. The zero-order valence-corrected chi connectivity index (χ0v) is 24.0. The first kappa shape index (κ1) is 29.6. The Bertz CT molecular complexity index is 1500. The number of sulfonamides is 1. The first-order chi connectivity index (χ1) is 19.0. The third kappa shape index (κ3) is 6.65. The van der Waals surface area contributed by atoms with Crippen LogP contribution in [-0.2, 0) is 19.6 Å². The summed E-state index contributed by atoms with van der Waals surface area (Å²) in [5, 5.41) is 6.55. The van der Waals surface area contributed by atoms with Crippen molar-refractivity contribution in [2.45, 2.75) is 50.1 Å². The Morgan fingerprint density at radius 1 is 1.18 bits per heavy atom. The maximum atomic E-state index is 13.3. The molecule has 0 bridgehead atoms. The second-order valence-electron chi connectivity index (χ2n) is 10.1. The maximum absolute atomic E-state index is 13.3. The number of halogens is 1. The van der Waals surface area contributed by atoms with E-state index in [1.54, 1.807) is 24.3 Å². The molecule has 2 atom stereocenters. The van der Waals surface area contributed by atoms with Gasteiger partial charge in [0.1, 0.15) is 6.04 Å². The van der Waals surface area contributed by atoms with Crippen LogP contribution in [0.5, 0.6) is 5.75 Å². The predicted molar refractivity (Wildman–Crippen MR) is 150 cm³/mol. The second-order valence-corrected chi connectivity index (χ2v) is 12.5. The Balaban J connectivity index is 1.45. The summed E-state index contributed by atoms with van der Waals surface area (Å²) in [5.74, 6) is -0.977. The summed E-state index contributed by atoms with van der Waals surface area (Å²) in [6.45, 7) is 3.58. The Kier molecular flexibility index (Phi) is 9.17. The van der Waals surface area contributed by atoms with Crippen molar-refractivity contribution < 1.29 is 32.0 Å². The van der Waals surface area contributed by atoms with E-state index in [1.807, 2.05) is 13.8 Å². The fourth-order valence-electron chi connectivity index (χ4n) is 4.62. The number of carbonyl (C=O) groups is 3. The molecule has 1 fully saturated rings. The van der Waals surface area contributed by atoms with Gasteiger partial charge in [-0.2, -0.15) is 4.31 Å². The molecule has 3 aromatic rings. The molecule has 4 rings (SSSR count). The van der Waals surface area contributed by atoms with Gasteiger partial charge < -0.3 is 19.8 Å². The molecule has 0 spiro atoms. The quantitative estimate of drug-likeness (QED) is 0.388. The van der Waals surface area contributed by atoms with Gasteiger partial charge in [0.15, 0.2) is 22.9 Å². The number of amides is 2. The highest BCUT2D eigenvalue weighted by atomic mass is 35.5. The third-order valence-corrected chi connectivity index (χ3v) is 8.78. The molecular weight excluding hydrogens is 558 g/mol. The van der Waals surface area contributed by atoms with E-state index < -0.39 is 39.7 Å². The number of fused-ring (bicyclic) bond motifs is 1. The summed E-state index contributed by atoms with van der Waals surface area (Å²) in [6, 6.07) is 10.8. The van der Waals surface area contributed by atoms with E-state index in [9.17, 15) is 22.8 Å². The number of Topliss-reactive ketones (excluding diaryl/α,β-unsaturated/α-hetero) is 1. The molecule has 1 aliphatic rings. The van der Waals surface area contributed by atoms with E-state index in [1.165, 1.54) is 31.4 Å². The largest absolute Gasteiger partial charge is 0.493 e. The highest BCUT2D eigenvalue weighted by Gasteiger charge is 2.34. The molecule has 40 heavy (non-hydrogen) atoms. The van der Waals surface area contributed by atoms with Gasteiger partial charge in [0, 0.05) is 17.0 Å². The number of ether oxygens (including phenoxy) is 1. The predicted octanol–water partition coefficient (Wildman–Crippen LogP) is 3.78. The van der Waals surface area contributed by atoms with E-state index in [4.69, 9.17) is 20.8 Å². The van der Waals surface area contributed by atoms with Crippen LogP contribution in [0.25, 0.3) is 11.0 Å². The molecule has 0 saturated carbocycles. The van der Waals surface area contributed by atoms with Gasteiger partial charge in [-0.05, 0) is 61.6 Å². The highest BCUT2D eigenvalue weighted by molar-refractivity contribution is 7.89. The van der Waals surface area contributed by atoms with Gasteiger partial charge in [0.25, 0.3) is 5.91 Å². The van der Waals surface area contributed by atoms with Crippen LogP contribution in [0.15, 0.2) is 57.8 Å². The van der Waals surface area contributed by atoms with E-state index in [2.05, 4.69) is 10.6 Å². The lowest BCUT2D eigenvalue weighted by atomic mass is 10.0. The molecule has 2 N–H and O–H groups in total. The first-order valence-corrected chi connectivity index (χ1v) is 14.8. The van der Waals surface area contributed by atoms with Crippen LogP contribution in [0.1, 0.15) is 43.7 Å². The molecule has 1 aliphatic heterocycles. The van der Waals surface area contributed by atoms with Crippen molar-refractivity contribution in [3.05, 3.63) is 59.3 Å². The Morgan fingerprint density at radius 3 is 2.58 bits per heavy atom. The zero-order valence-electron chi connectivity index (χ0n) is 22.5. The average Bonchev–Trinajstić information content (AvgIpc) is 3.27. The number of nitrogens with one attached hydrogen (secondary N) is 2. The minimum Gasteiger partial charge on any atom is -0.493 e. The fraction of sp³-hybridized carbons (Fsp3) is 0.393.